The van der Waals surface area contributed by atoms with Crippen LogP contribution in [0.3, 0.4) is 0 Å². The Bertz CT molecular complexity index is 897. The van der Waals surface area contributed by atoms with Crippen LogP contribution in [-0.2, 0) is 11.3 Å². The van der Waals surface area contributed by atoms with Gasteiger partial charge in [0.2, 0.25) is 0 Å². The lowest BCUT2D eigenvalue weighted by atomic mass is 10.2. The summed E-state index contributed by atoms with van der Waals surface area (Å²) in [5, 5.41) is 5.82. The Labute approximate surface area is 155 Å². The van der Waals surface area contributed by atoms with Crippen LogP contribution >= 0.6 is 0 Å². The lowest BCUT2D eigenvalue weighted by molar-refractivity contribution is -0.118. The number of benzene rings is 3. The minimum atomic E-state index is -0.369. The van der Waals surface area contributed by atoms with Gasteiger partial charge >= 0.3 is 0 Å². The van der Waals surface area contributed by atoms with E-state index in [9.17, 15) is 13.6 Å². The Kier molecular flexibility index (Phi) is 5.99. The molecule has 0 radical (unpaired) electrons. The van der Waals surface area contributed by atoms with Gasteiger partial charge in [-0.2, -0.15) is 0 Å². The average Bonchev–Trinajstić information content (AvgIpc) is 2.68. The van der Waals surface area contributed by atoms with Gasteiger partial charge in [0.05, 0.1) is 0 Å². The third kappa shape index (κ3) is 5.54. The van der Waals surface area contributed by atoms with Crippen LogP contribution in [0.4, 0.5) is 20.2 Å². The van der Waals surface area contributed by atoms with E-state index in [1.54, 1.807) is 18.2 Å². The normalized spacial score (nSPS) is 10.3. The van der Waals surface area contributed by atoms with Gasteiger partial charge in [0.15, 0.2) is 6.61 Å². The van der Waals surface area contributed by atoms with E-state index in [2.05, 4.69) is 10.6 Å². The summed E-state index contributed by atoms with van der Waals surface area (Å²) in [6.07, 6.45) is 0. The van der Waals surface area contributed by atoms with E-state index in [-0.39, 0.29) is 24.1 Å². The number of hydrogen-bond acceptors (Lipinski definition) is 3. The number of anilines is 2. The molecule has 3 aromatic carbocycles. The maximum Gasteiger partial charge on any atom is 0.262 e. The molecular formula is C21H18F2N2O2. The van der Waals surface area contributed by atoms with Crippen molar-refractivity contribution in [1.29, 1.82) is 0 Å². The molecular weight excluding hydrogens is 350 g/mol. The molecule has 0 saturated carbocycles. The summed E-state index contributed by atoms with van der Waals surface area (Å²) >= 11 is 0. The van der Waals surface area contributed by atoms with E-state index in [4.69, 9.17) is 4.74 Å². The first-order valence-electron chi connectivity index (χ1n) is 8.36. The van der Waals surface area contributed by atoms with Crippen LogP contribution in [0.2, 0.25) is 0 Å². The Morgan fingerprint density at radius 1 is 0.815 bits per heavy atom. The first-order chi connectivity index (χ1) is 13.1. The van der Waals surface area contributed by atoms with Crippen LogP contribution in [0.15, 0.2) is 72.8 Å². The molecule has 0 bridgehead atoms. The molecule has 0 unspecified atom stereocenters. The Hall–Kier alpha value is -3.41. The predicted molar refractivity (Wildman–Crippen MR) is 101 cm³/mol. The molecule has 0 heterocycles. The summed E-state index contributed by atoms with van der Waals surface area (Å²) in [6, 6.07) is 18.9. The van der Waals surface area contributed by atoms with E-state index in [0.717, 1.165) is 11.3 Å². The number of hydrogen-bond donors (Lipinski definition) is 2. The van der Waals surface area contributed by atoms with E-state index in [0.29, 0.717) is 18.0 Å². The van der Waals surface area contributed by atoms with Crippen LogP contribution in [0.5, 0.6) is 5.75 Å². The minimum Gasteiger partial charge on any atom is -0.483 e. The second-order valence-electron chi connectivity index (χ2n) is 5.81. The number of rotatable bonds is 7. The van der Waals surface area contributed by atoms with Crippen LogP contribution in [-0.4, -0.2) is 12.5 Å². The molecule has 0 spiro atoms. The fraction of sp³-hybridized carbons (Fsp3) is 0.0952. The summed E-state index contributed by atoms with van der Waals surface area (Å²) in [5.41, 5.74) is 2.13. The Morgan fingerprint density at radius 3 is 2.07 bits per heavy atom. The van der Waals surface area contributed by atoms with Gasteiger partial charge in [-0.25, -0.2) is 8.78 Å². The van der Waals surface area contributed by atoms with Gasteiger partial charge in [-0.1, -0.05) is 18.2 Å². The lowest BCUT2D eigenvalue weighted by Crippen LogP contribution is -2.20. The molecule has 0 aliphatic carbocycles. The van der Waals surface area contributed by atoms with Crippen molar-refractivity contribution in [2.24, 2.45) is 0 Å². The molecule has 0 fully saturated rings. The zero-order chi connectivity index (χ0) is 19.1. The maximum atomic E-state index is 13.0. The number of ether oxygens (including phenoxy) is 1. The molecule has 0 aliphatic rings. The molecule has 138 valence electrons. The Morgan fingerprint density at radius 2 is 1.41 bits per heavy atom. The SMILES string of the molecule is O=C(COc1ccccc1CNc1ccc(F)cc1)Nc1ccc(F)cc1. The second kappa shape index (κ2) is 8.80. The predicted octanol–water partition coefficient (Wildman–Crippen LogP) is 4.59. The molecule has 0 aliphatic heterocycles. The molecule has 6 heteroatoms. The zero-order valence-electron chi connectivity index (χ0n) is 14.4. The summed E-state index contributed by atoms with van der Waals surface area (Å²) in [5.74, 6) is -0.437. The number of halogens is 2. The molecule has 0 atom stereocenters. The fourth-order valence-corrected chi connectivity index (χ4v) is 2.43. The standard InChI is InChI=1S/C21H18F2N2O2/c22-16-5-9-18(10-6-16)24-13-15-3-1-2-4-20(15)27-14-21(26)25-19-11-7-17(23)8-12-19/h1-12,24H,13-14H2,(H,25,26). The lowest BCUT2D eigenvalue weighted by Gasteiger charge is -2.13. The van der Waals surface area contributed by atoms with Crippen molar-refractivity contribution in [2.75, 3.05) is 17.2 Å². The van der Waals surface area contributed by atoms with Gasteiger partial charge in [-0.15, -0.1) is 0 Å². The molecule has 3 aromatic rings. The second-order valence-corrected chi connectivity index (χ2v) is 5.81. The first kappa shape index (κ1) is 18.4. The largest absolute Gasteiger partial charge is 0.483 e. The molecule has 4 nitrogen and oxygen atoms in total. The van der Waals surface area contributed by atoms with E-state index < -0.39 is 0 Å². The minimum absolute atomic E-state index is 0.176. The van der Waals surface area contributed by atoms with Crippen molar-refractivity contribution in [3.05, 3.63) is 90.0 Å². The topological polar surface area (TPSA) is 50.4 Å². The fourth-order valence-electron chi connectivity index (χ4n) is 2.43. The molecule has 27 heavy (non-hydrogen) atoms. The highest BCUT2D eigenvalue weighted by atomic mass is 19.1. The van der Waals surface area contributed by atoms with E-state index in [1.165, 1.54) is 36.4 Å². The number of amides is 1. The highest BCUT2D eigenvalue weighted by molar-refractivity contribution is 5.91. The van der Waals surface area contributed by atoms with Crippen LogP contribution in [0.25, 0.3) is 0 Å². The molecule has 0 aromatic heterocycles. The van der Waals surface area contributed by atoms with E-state index in [1.807, 2.05) is 18.2 Å². The maximum absolute atomic E-state index is 13.0. The molecule has 3 rings (SSSR count). The van der Waals surface area contributed by atoms with Crippen LogP contribution in [0, 0.1) is 11.6 Å². The smallest absolute Gasteiger partial charge is 0.262 e. The van der Waals surface area contributed by atoms with Crippen LogP contribution in [0.1, 0.15) is 5.56 Å². The summed E-state index contributed by atoms with van der Waals surface area (Å²) < 4.78 is 31.5. The number of carbonyl (C=O) groups excluding carboxylic acids is 1. The van der Waals surface area contributed by atoms with Gasteiger partial charge in [0, 0.05) is 23.5 Å². The van der Waals surface area contributed by atoms with Gasteiger partial charge in [0.1, 0.15) is 17.4 Å². The van der Waals surface area contributed by atoms with E-state index >= 15 is 0 Å². The van der Waals surface area contributed by atoms with Crippen molar-refractivity contribution in [1.82, 2.24) is 0 Å². The highest BCUT2D eigenvalue weighted by Gasteiger charge is 2.07. The van der Waals surface area contributed by atoms with Gasteiger partial charge in [-0.3, -0.25) is 4.79 Å². The number of para-hydroxylation sites is 1. The summed E-state index contributed by atoms with van der Waals surface area (Å²) in [4.78, 5) is 12.0. The number of nitrogens with one attached hydrogen (secondary N) is 2. The third-order valence-electron chi connectivity index (χ3n) is 3.79. The van der Waals surface area contributed by atoms with Crippen molar-refractivity contribution in [3.8, 4) is 5.75 Å². The average molecular weight is 368 g/mol. The van der Waals surface area contributed by atoms with Crippen molar-refractivity contribution < 1.29 is 18.3 Å². The molecule has 0 saturated heterocycles. The van der Waals surface area contributed by atoms with Gasteiger partial charge < -0.3 is 15.4 Å². The summed E-state index contributed by atoms with van der Waals surface area (Å²) in [6.45, 7) is 0.284. The molecule has 2 N–H and O–H groups in total. The quantitative estimate of drug-likeness (QED) is 0.641. The Balaban J connectivity index is 1.56. The van der Waals surface area contributed by atoms with Crippen molar-refractivity contribution in [2.45, 2.75) is 6.54 Å². The zero-order valence-corrected chi connectivity index (χ0v) is 14.4. The van der Waals surface area contributed by atoms with Crippen LogP contribution < -0.4 is 15.4 Å². The van der Waals surface area contributed by atoms with Crippen molar-refractivity contribution >= 4 is 17.3 Å². The monoisotopic (exact) mass is 368 g/mol. The third-order valence-corrected chi connectivity index (χ3v) is 3.79. The van der Waals surface area contributed by atoms with Gasteiger partial charge in [0.25, 0.3) is 5.91 Å². The molecule has 1 amide bonds. The van der Waals surface area contributed by atoms with Gasteiger partial charge in [-0.05, 0) is 54.6 Å². The number of carbonyl (C=O) groups is 1. The first-order valence-corrected chi connectivity index (χ1v) is 8.36. The summed E-state index contributed by atoms with van der Waals surface area (Å²) in [7, 11) is 0. The van der Waals surface area contributed by atoms with Crippen molar-refractivity contribution in [3.63, 3.8) is 0 Å². The highest BCUT2D eigenvalue weighted by Crippen LogP contribution is 2.20.